The first-order valence-corrected chi connectivity index (χ1v) is 17.9. The van der Waals surface area contributed by atoms with E-state index < -0.39 is 91.7 Å². The molecule has 48 heavy (non-hydrogen) atoms. The Kier molecular flexibility index (Phi) is 10.5. The van der Waals surface area contributed by atoms with Crippen LogP contribution < -0.4 is 16.0 Å². The standard InChI is InChI=1S/C21H28N7O17P3/c22-17-12-19(25-7-24-17)28(8-26-12)21-16(44-46(33,34)35)14(30)11(43-21)6-41-48(38,39)45-47(36,37)40-5-10-13(29)15(31)20(42-10)27-3-1-2-9(4-27)18(23)32/h1-4,7-8,10-11,13-16,20-21,29-31H,5-6H2,(H7-,22,23,24,25,32,33,34,35,36,37,38,39)/p+1/t10-,11+,13+,14?,15+,16+,20-,21-/m1/s1. The zero-order chi connectivity index (χ0) is 35.2. The molecule has 0 aromatic carbocycles. The van der Waals surface area contributed by atoms with E-state index >= 15 is 0 Å². The van der Waals surface area contributed by atoms with Gasteiger partial charge in [-0.1, -0.05) is 0 Å². The van der Waals surface area contributed by atoms with Crippen molar-refractivity contribution < 1.29 is 85.3 Å². The summed E-state index contributed by atoms with van der Waals surface area (Å²) in [5.74, 6) is -0.848. The molecule has 0 aliphatic carbocycles. The van der Waals surface area contributed by atoms with Gasteiger partial charge >= 0.3 is 23.5 Å². The van der Waals surface area contributed by atoms with Crippen LogP contribution in [0.2, 0.25) is 0 Å². The molecule has 2 fully saturated rings. The van der Waals surface area contributed by atoms with Gasteiger partial charge in [-0.05, 0) is 6.07 Å². The van der Waals surface area contributed by atoms with Crippen LogP contribution in [0, 0.1) is 0 Å². The molecule has 24 nitrogen and oxygen atoms in total. The number of phosphoric ester groups is 3. The minimum Gasteiger partial charge on any atom is -0.387 e. The maximum Gasteiger partial charge on any atom is 0.481 e. The normalized spacial score (nSPS) is 30.3. The highest BCUT2D eigenvalue weighted by Crippen LogP contribution is 2.61. The molecular weight excluding hydrogens is 715 g/mol. The van der Waals surface area contributed by atoms with Crippen LogP contribution in [-0.4, -0.2) is 110 Å². The Balaban J connectivity index is 1.21. The number of aliphatic hydroxyl groups is 3. The monoisotopic (exact) mass is 744 g/mol. The van der Waals surface area contributed by atoms with E-state index in [4.69, 9.17) is 30.0 Å². The first-order valence-electron chi connectivity index (χ1n) is 13.3. The number of aliphatic hydroxyl groups excluding tert-OH is 3. The molecule has 1 amide bonds. The number of primary amides is 1. The summed E-state index contributed by atoms with van der Waals surface area (Å²) in [4.78, 5) is 62.2. The Bertz CT molecular complexity index is 1810. The lowest BCUT2D eigenvalue weighted by Gasteiger charge is -2.22. The van der Waals surface area contributed by atoms with E-state index in [0.29, 0.717) is 0 Å². The van der Waals surface area contributed by atoms with Crippen LogP contribution in [0.15, 0.2) is 37.2 Å². The third kappa shape index (κ3) is 8.12. The molecule has 2 aliphatic heterocycles. The van der Waals surface area contributed by atoms with Crippen LogP contribution in [0.5, 0.6) is 0 Å². The first kappa shape index (κ1) is 36.4. The number of carbonyl (C=O) groups excluding carboxylic acids is 1. The Morgan fingerprint density at radius 1 is 0.958 bits per heavy atom. The zero-order valence-electron chi connectivity index (χ0n) is 23.9. The average molecular weight is 744 g/mol. The Morgan fingerprint density at radius 3 is 2.23 bits per heavy atom. The van der Waals surface area contributed by atoms with Gasteiger partial charge in [0.1, 0.15) is 47.9 Å². The Hall–Kier alpha value is -2.86. The number of pyridine rings is 1. The molecule has 5 heterocycles. The summed E-state index contributed by atoms with van der Waals surface area (Å²) in [6, 6.07) is 2.79. The average Bonchev–Trinajstić information content (AvgIpc) is 3.64. The molecule has 2 saturated heterocycles. The number of nitrogen functional groups attached to an aromatic ring is 1. The fraction of sp³-hybridized carbons (Fsp3) is 0.476. The number of nitrogens with two attached hydrogens (primary N) is 2. The summed E-state index contributed by atoms with van der Waals surface area (Å²) < 4.78 is 68.4. The van der Waals surface area contributed by atoms with Crippen LogP contribution in [0.25, 0.3) is 11.2 Å². The zero-order valence-corrected chi connectivity index (χ0v) is 26.6. The molecule has 264 valence electrons. The van der Waals surface area contributed by atoms with Gasteiger partial charge in [0.15, 0.2) is 36.2 Å². The van der Waals surface area contributed by atoms with Crippen LogP contribution in [0.1, 0.15) is 22.8 Å². The number of phosphoric acid groups is 3. The van der Waals surface area contributed by atoms with Gasteiger partial charge in [-0.3, -0.25) is 22.9 Å². The lowest BCUT2D eigenvalue weighted by atomic mass is 10.1. The molecule has 0 radical (unpaired) electrons. The number of rotatable bonds is 13. The molecule has 3 aromatic rings. The maximum atomic E-state index is 12.6. The summed E-state index contributed by atoms with van der Waals surface area (Å²) >= 11 is 0. The SMILES string of the molecule is NC(=O)c1ccc[n+]([C@@H]2O[C@H](COP(=O)(O)OP(=O)(O)OC[C@@H]3O[C@@H](n4cnc5c(N)ncnc54)[C@@H](OP(=O)(O)O)C3O)[C@H](O)[C@@H]2O)c1. The van der Waals surface area contributed by atoms with Crippen LogP contribution in [-0.2, 0) is 41.1 Å². The maximum absolute atomic E-state index is 12.6. The number of anilines is 1. The number of ether oxygens (including phenoxy) is 2. The van der Waals surface area contributed by atoms with Gasteiger partial charge in [0, 0.05) is 6.07 Å². The Labute approximate surface area is 267 Å². The molecule has 10 atom stereocenters. The van der Waals surface area contributed by atoms with Crippen molar-refractivity contribution in [2.75, 3.05) is 18.9 Å². The number of carbonyl (C=O) groups is 1. The van der Waals surface area contributed by atoms with Crippen LogP contribution >= 0.6 is 23.5 Å². The third-order valence-electron chi connectivity index (χ3n) is 6.98. The predicted octanol–water partition coefficient (Wildman–Crippen LogP) is -2.90. The molecule has 2 aliphatic rings. The molecule has 3 unspecified atom stereocenters. The highest BCUT2D eigenvalue weighted by Gasteiger charge is 2.51. The number of aromatic nitrogens is 5. The van der Waals surface area contributed by atoms with Gasteiger partial charge < -0.3 is 55.8 Å². The number of imidazole rings is 1. The second kappa shape index (κ2) is 13.8. The molecular formula is C21H29N7O17P3+. The molecule has 0 saturated carbocycles. The van der Waals surface area contributed by atoms with Crippen molar-refractivity contribution in [3.05, 3.63) is 42.7 Å². The second-order valence-corrected chi connectivity index (χ2v) is 14.5. The van der Waals surface area contributed by atoms with E-state index in [1.54, 1.807) is 0 Å². The van der Waals surface area contributed by atoms with E-state index in [1.807, 2.05) is 0 Å². The van der Waals surface area contributed by atoms with E-state index in [-0.39, 0.29) is 22.5 Å². The van der Waals surface area contributed by atoms with Crippen molar-refractivity contribution >= 4 is 46.4 Å². The van der Waals surface area contributed by atoms with Crippen molar-refractivity contribution in [2.45, 2.75) is 49.1 Å². The van der Waals surface area contributed by atoms with Gasteiger partial charge in [-0.25, -0.2) is 28.6 Å². The van der Waals surface area contributed by atoms with Gasteiger partial charge in [0.05, 0.1) is 19.5 Å². The van der Waals surface area contributed by atoms with Crippen molar-refractivity contribution in [3.63, 3.8) is 0 Å². The summed E-state index contributed by atoms with van der Waals surface area (Å²) in [5.41, 5.74) is 11.1. The van der Waals surface area contributed by atoms with Crippen LogP contribution in [0.4, 0.5) is 5.82 Å². The minimum absolute atomic E-state index is 0.00286. The van der Waals surface area contributed by atoms with E-state index in [1.165, 1.54) is 29.1 Å². The van der Waals surface area contributed by atoms with Crippen molar-refractivity contribution in [1.29, 1.82) is 0 Å². The molecule has 27 heteroatoms. The van der Waals surface area contributed by atoms with Gasteiger partial charge in [-0.15, -0.1) is 0 Å². The third-order valence-corrected chi connectivity index (χ3v) is 10.1. The Morgan fingerprint density at radius 2 is 1.60 bits per heavy atom. The second-order valence-electron chi connectivity index (χ2n) is 10.3. The highest BCUT2D eigenvalue weighted by atomic mass is 31.3. The molecule has 5 rings (SSSR count). The van der Waals surface area contributed by atoms with E-state index in [2.05, 4.69) is 23.8 Å². The van der Waals surface area contributed by atoms with Gasteiger partial charge in [0.2, 0.25) is 0 Å². The number of hydrogen-bond acceptors (Lipinski definition) is 17. The highest BCUT2D eigenvalue weighted by molar-refractivity contribution is 7.61. The van der Waals surface area contributed by atoms with E-state index in [0.717, 1.165) is 17.2 Å². The van der Waals surface area contributed by atoms with Crippen molar-refractivity contribution in [2.24, 2.45) is 5.73 Å². The number of hydrogen-bond donors (Lipinski definition) is 9. The molecule has 11 N–H and O–H groups in total. The van der Waals surface area contributed by atoms with Gasteiger partial charge in [0.25, 0.3) is 12.1 Å². The van der Waals surface area contributed by atoms with Crippen molar-refractivity contribution in [3.8, 4) is 0 Å². The number of amides is 1. The summed E-state index contributed by atoms with van der Waals surface area (Å²) in [5, 5.41) is 31.5. The summed E-state index contributed by atoms with van der Waals surface area (Å²) in [6.45, 7) is -2.03. The largest absolute Gasteiger partial charge is 0.481 e. The number of fused-ring (bicyclic) bond motifs is 1. The van der Waals surface area contributed by atoms with Gasteiger partial charge in [-0.2, -0.15) is 8.88 Å². The molecule has 0 bridgehead atoms. The molecule has 0 spiro atoms. The smallest absolute Gasteiger partial charge is 0.387 e. The van der Waals surface area contributed by atoms with Crippen LogP contribution in [0.3, 0.4) is 0 Å². The van der Waals surface area contributed by atoms with E-state index in [9.17, 15) is 53.4 Å². The number of nitrogens with zero attached hydrogens (tertiary/aromatic N) is 5. The fourth-order valence-electron chi connectivity index (χ4n) is 4.83. The lowest BCUT2D eigenvalue weighted by molar-refractivity contribution is -0.765. The fourth-order valence-corrected chi connectivity index (χ4v) is 7.47. The van der Waals surface area contributed by atoms with Crippen molar-refractivity contribution in [1.82, 2.24) is 19.5 Å². The topological polar surface area (TPSA) is 365 Å². The summed E-state index contributed by atoms with van der Waals surface area (Å²) in [6.07, 6.45) is -8.39. The molecule has 3 aromatic heterocycles. The quantitative estimate of drug-likeness (QED) is 0.0626. The lowest BCUT2D eigenvalue weighted by Crippen LogP contribution is -2.46. The predicted molar refractivity (Wildman–Crippen MR) is 150 cm³/mol. The summed E-state index contributed by atoms with van der Waals surface area (Å²) in [7, 11) is -16.3. The minimum atomic E-state index is -5.52. The first-order chi connectivity index (χ1) is 22.4.